The Morgan fingerprint density at radius 1 is 1.53 bits per heavy atom. The van der Waals surface area contributed by atoms with Crippen LogP contribution in [0, 0.1) is 0 Å². The third kappa shape index (κ3) is 2.39. The van der Waals surface area contributed by atoms with E-state index in [1.165, 1.54) is 6.92 Å². The first-order valence-corrected chi connectivity index (χ1v) is 6.28. The van der Waals surface area contributed by atoms with Crippen LogP contribution in [0.15, 0.2) is 6.07 Å². The van der Waals surface area contributed by atoms with Crippen LogP contribution in [0.4, 0.5) is 0 Å². The number of carboxylic acids is 1. The van der Waals surface area contributed by atoms with Gasteiger partial charge < -0.3 is 5.11 Å². The van der Waals surface area contributed by atoms with Crippen molar-refractivity contribution in [2.24, 2.45) is 0 Å². The van der Waals surface area contributed by atoms with Gasteiger partial charge in [-0.3, -0.25) is 4.79 Å². The molecule has 0 atom stereocenters. The van der Waals surface area contributed by atoms with Gasteiger partial charge in [-0.05, 0) is 17.6 Å². The summed E-state index contributed by atoms with van der Waals surface area (Å²) in [5.41, 5.74) is -0.334. The van der Waals surface area contributed by atoms with Crippen molar-refractivity contribution in [2.75, 3.05) is 5.75 Å². The Hall–Kier alpha value is -1.28. The second-order valence-electron chi connectivity index (χ2n) is 2.57. The third-order valence-corrected chi connectivity index (χ3v) is 3.90. The first-order chi connectivity index (χ1) is 6.88. The number of nitrogens with zero attached hydrogens (tertiary/aromatic N) is 1. The summed E-state index contributed by atoms with van der Waals surface area (Å²) in [4.78, 5) is 21.6. The molecule has 0 spiro atoms. The maximum atomic E-state index is 11.3. The minimum absolute atomic E-state index is 0.162. The predicted octanol–water partition coefficient (Wildman–Crippen LogP) is 0.416. The van der Waals surface area contributed by atoms with Crippen LogP contribution in [-0.2, 0) is 9.84 Å². The van der Waals surface area contributed by atoms with Crippen LogP contribution in [0.1, 0.15) is 27.1 Å². The summed E-state index contributed by atoms with van der Waals surface area (Å²) < 4.78 is 25.8. The van der Waals surface area contributed by atoms with E-state index in [9.17, 15) is 18.0 Å². The van der Waals surface area contributed by atoms with Crippen LogP contribution >= 0.6 is 11.5 Å². The van der Waals surface area contributed by atoms with Crippen molar-refractivity contribution in [1.82, 2.24) is 4.37 Å². The van der Waals surface area contributed by atoms with Crippen LogP contribution in [0.25, 0.3) is 0 Å². The molecule has 0 fully saturated rings. The maximum Gasteiger partial charge on any atom is 0.347 e. The summed E-state index contributed by atoms with van der Waals surface area (Å²) in [6.07, 6.45) is 0. The van der Waals surface area contributed by atoms with E-state index in [4.69, 9.17) is 5.11 Å². The fourth-order valence-corrected chi connectivity index (χ4v) is 2.08. The SMILES string of the molecule is CCS(=O)(=O)C(=O)c1cc(C(=O)O)sn1. The lowest BCUT2D eigenvalue weighted by atomic mass is 10.4. The summed E-state index contributed by atoms with van der Waals surface area (Å²) in [6, 6.07) is 0.961. The largest absolute Gasteiger partial charge is 0.477 e. The van der Waals surface area contributed by atoms with Gasteiger partial charge in [0.15, 0.2) is 0 Å². The lowest BCUT2D eigenvalue weighted by Crippen LogP contribution is -2.17. The van der Waals surface area contributed by atoms with Gasteiger partial charge in [0.05, 0.1) is 5.75 Å². The topological polar surface area (TPSA) is 101 Å². The Kier molecular flexibility index (Phi) is 3.20. The van der Waals surface area contributed by atoms with E-state index in [2.05, 4.69) is 4.37 Å². The van der Waals surface area contributed by atoms with E-state index in [1.54, 1.807) is 0 Å². The number of sulfone groups is 1. The number of hydrogen-bond donors (Lipinski definition) is 1. The van der Waals surface area contributed by atoms with E-state index < -0.39 is 20.9 Å². The highest BCUT2D eigenvalue weighted by molar-refractivity contribution is 8.06. The first kappa shape index (κ1) is 11.8. The molecule has 1 N–H and O–H groups in total. The molecule has 82 valence electrons. The van der Waals surface area contributed by atoms with Crippen molar-refractivity contribution in [3.63, 3.8) is 0 Å². The van der Waals surface area contributed by atoms with Crippen molar-refractivity contribution in [1.29, 1.82) is 0 Å². The number of hydrogen-bond acceptors (Lipinski definition) is 6. The van der Waals surface area contributed by atoms with Gasteiger partial charge in [0.2, 0.25) is 9.84 Å². The van der Waals surface area contributed by atoms with Gasteiger partial charge in [-0.1, -0.05) is 6.92 Å². The number of aromatic nitrogens is 1. The van der Waals surface area contributed by atoms with E-state index in [0.717, 1.165) is 6.07 Å². The second kappa shape index (κ2) is 4.07. The number of rotatable bonds is 3. The smallest absolute Gasteiger partial charge is 0.347 e. The molecule has 1 heterocycles. The summed E-state index contributed by atoms with van der Waals surface area (Å²) in [5.74, 6) is -1.56. The van der Waals surface area contributed by atoms with Gasteiger partial charge in [0, 0.05) is 0 Å². The second-order valence-corrected chi connectivity index (χ2v) is 5.56. The Morgan fingerprint density at radius 3 is 2.53 bits per heavy atom. The molecule has 15 heavy (non-hydrogen) atoms. The highest BCUT2D eigenvalue weighted by atomic mass is 32.2. The Balaban J connectivity index is 3.09. The number of aromatic carboxylic acids is 1. The maximum absolute atomic E-state index is 11.3. The van der Waals surface area contributed by atoms with Crippen molar-refractivity contribution in [3.8, 4) is 0 Å². The van der Waals surface area contributed by atoms with E-state index >= 15 is 0 Å². The molecular formula is C7H7NO5S2. The monoisotopic (exact) mass is 249 g/mol. The van der Waals surface area contributed by atoms with E-state index in [0.29, 0.717) is 11.5 Å². The van der Waals surface area contributed by atoms with Crippen LogP contribution in [0.5, 0.6) is 0 Å². The quantitative estimate of drug-likeness (QED) is 0.832. The molecule has 0 aliphatic carbocycles. The normalized spacial score (nSPS) is 11.3. The van der Waals surface area contributed by atoms with Crippen LogP contribution in [0.3, 0.4) is 0 Å². The lowest BCUT2D eigenvalue weighted by molar-refractivity contribution is 0.0702. The van der Waals surface area contributed by atoms with Crippen LogP contribution in [0.2, 0.25) is 0 Å². The Labute approximate surface area is 89.6 Å². The molecule has 1 rings (SSSR count). The van der Waals surface area contributed by atoms with Crippen molar-refractivity contribution >= 4 is 32.5 Å². The minimum atomic E-state index is -3.85. The first-order valence-electron chi connectivity index (χ1n) is 3.85. The van der Waals surface area contributed by atoms with Crippen molar-refractivity contribution < 1.29 is 23.1 Å². The Morgan fingerprint density at radius 2 is 2.13 bits per heavy atom. The van der Waals surface area contributed by atoms with E-state index in [1.807, 2.05) is 0 Å². The zero-order valence-electron chi connectivity index (χ0n) is 7.63. The van der Waals surface area contributed by atoms with Gasteiger partial charge in [0.25, 0.3) is 5.12 Å². The highest BCUT2D eigenvalue weighted by Gasteiger charge is 2.25. The fourth-order valence-electron chi connectivity index (χ4n) is 0.763. The molecule has 0 unspecified atom stereocenters. The Bertz CT molecular complexity index is 501. The molecule has 0 saturated carbocycles. The van der Waals surface area contributed by atoms with Crippen LogP contribution < -0.4 is 0 Å². The van der Waals surface area contributed by atoms with Gasteiger partial charge in [-0.25, -0.2) is 13.2 Å². The summed E-state index contributed by atoms with van der Waals surface area (Å²) in [7, 11) is -3.85. The molecule has 0 bridgehead atoms. The summed E-state index contributed by atoms with van der Waals surface area (Å²) in [6.45, 7) is 1.33. The minimum Gasteiger partial charge on any atom is -0.477 e. The lowest BCUT2D eigenvalue weighted by Gasteiger charge is -1.94. The molecule has 0 aliphatic rings. The molecule has 0 saturated heterocycles. The van der Waals surface area contributed by atoms with E-state index in [-0.39, 0.29) is 16.3 Å². The summed E-state index contributed by atoms with van der Waals surface area (Å²) in [5, 5.41) is 7.42. The van der Waals surface area contributed by atoms with Gasteiger partial charge in [-0.15, -0.1) is 0 Å². The number of carbonyl (C=O) groups is 2. The van der Waals surface area contributed by atoms with Crippen molar-refractivity contribution in [3.05, 3.63) is 16.6 Å². The summed E-state index contributed by atoms with van der Waals surface area (Å²) >= 11 is 0.578. The zero-order valence-corrected chi connectivity index (χ0v) is 9.26. The third-order valence-electron chi connectivity index (χ3n) is 1.59. The average Bonchev–Trinajstić information content (AvgIpc) is 2.65. The molecular weight excluding hydrogens is 242 g/mol. The van der Waals surface area contributed by atoms with Gasteiger partial charge in [0.1, 0.15) is 10.6 Å². The molecule has 6 nitrogen and oxygen atoms in total. The molecule has 8 heteroatoms. The van der Waals surface area contributed by atoms with Crippen LogP contribution in [-0.4, -0.2) is 34.7 Å². The molecule has 0 radical (unpaired) electrons. The zero-order chi connectivity index (χ0) is 11.6. The fraction of sp³-hybridized carbons (Fsp3) is 0.286. The number of carbonyl (C=O) groups excluding carboxylic acids is 1. The average molecular weight is 249 g/mol. The molecule has 0 aliphatic heterocycles. The number of carboxylic acid groups (broad SMARTS) is 1. The standard InChI is InChI=1S/C7H7NO5S2/c1-2-15(12,13)7(11)4-3-5(6(9)10)14-8-4/h3H,2H2,1H3,(H,9,10). The molecule has 1 aromatic rings. The molecule has 1 aromatic heterocycles. The predicted molar refractivity (Wildman–Crippen MR) is 52.9 cm³/mol. The molecule has 0 aromatic carbocycles. The van der Waals surface area contributed by atoms with Crippen molar-refractivity contribution in [2.45, 2.75) is 6.92 Å². The van der Waals surface area contributed by atoms with Gasteiger partial charge in [-0.2, -0.15) is 4.37 Å². The van der Waals surface area contributed by atoms with Gasteiger partial charge >= 0.3 is 5.97 Å². The molecule has 0 amide bonds. The highest BCUT2D eigenvalue weighted by Crippen LogP contribution is 2.13.